The Hall–Kier alpha value is -2.69. The quantitative estimate of drug-likeness (QED) is 0.891. The third kappa shape index (κ3) is 4.15. The van der Waals surface area contributed by atoms with Crippen molar-refractivity contribution in [2.45, 2.75) is 6.42 Å². The third-order valence-electron chi connectivity index (χ3n) is 3.13. The lowest BCUT2D eigenvalue weighted by atomic mass is 10.1. The van der Waals surface area contributed by atoms with Gasteiger partial charge in [0.05, 0.1) is 27.8 Å². The minimum atomic E-state index is -0.122. The fourth-order valence-electron chi connectivity index (χ4n) is 2.05. The molecule has 0 radical (unpaired) electrons. The Kier molecular flexibility index (Phi) is 5.25. The van der Waals surface area contributed by atoms with Gasteiger partial charge in [-0.3, -0.25) is 4.79 Å². The minimum absolute atomic E-state index is 0.122. The maximum atomic E-state index is 12.1. The number of hydrogen-bond acceptors (Lipinski definition) is 4. The smallest absolute Gasteiger partial charge is 0.228 e. The van der Waals surface area contributed by atoms with Gasteiger partial charge in [-0.05, 0) is 17.7 Å². The van der Waals surface area contributed by atoms with Crippen LogP contribution < -0.4 is 19.5 Å². The number of anilines is 1. The summed E-state index contributed by atoms with van der Waals surface area (Å²) in [7, 11) is 4.73. The Morgan fingerprint density at radius 2 is 1.55 bits per heavy atom. The molecule has 0 aliphatic heterocycles. The molecule has 0 heterocycles. The first-order valence-electron chi connectivity index (χ1n) is 6.80. The average molecular weight is 301 g/mol. The fraction of sp³-hybridized carbons (Fsp3) is 0.235. The molecule has 0 saturated carbocycles. The lowest BCUT2D eigenvalue weighted by Gasteiger charge is -2.10. The van der Waals surface area contributed by atoms with Crippen molar-refractivity contribution in [1.29, 1.82) is 0 Å². The number of methoxy groups -OCH3 is 3. The van der Waals surface area contributed by atoms with E-state index in [0.29, 0.717) is 17.2 Å². The van der Waals surface area contributed by atoms with Gasteiger partial charge >= 0.3 is 0 Å². The largest absolute Gasteiger partial charge is 0.497 e. The Labute approximate surface area is 129 Å². The summed E-state index contributed by atoms with van der Waals surface area (Å²) in [6.45, 7) is 0. The van der Waals surface area contributed by atoms with Gasteiger partial charge in [-0.25, -0.2) is 0 Å². The van der Waals surface area contributed by atoms with Crippen molar-refractivity contribution in [1.82, 2.24) is 0 Å². The highest BCUT2D eigenvalue weighted by atomic mass is 16.5. The first-order valence-corrected chi connectivity index (χ1v) is 6.80. The van der Waals surface area contributed by atoms with Crippen LogP contribution in [0, 0.1) is 0 Å². The van der Waals surface area contributed by atoms with Gasteiger partial charge in [-0.15, -0.1) is 0 Å². The van der Waals surface area contributed by atoms with E-state index in [0.717, 1.165) is 11.3 Å². The second-order valence-corrected chi connectivity index (χ2v) is 4.68. The summed E-state index contributed by atoms with van der Waals surface area (Å²) in [6, 6.07) is 12.7. The van der Waals surface area contributed by atoms with Gasteiger partial charge < -0.3 is 19.5 Å². The van der Waals surface area contributed by atoms with Crippen LogP contribution >= 0.6 is 0 Å². The Bertz CT molecular complexity index is 633. The molecule has 0 atom stereocenters. The van der Waals surface area contributed by atoms with E-state index in [2.05, 4.69) is 5.32 Å². The SMILES string of the molecule is COc1cccc(CC(=O)Nc2cc(OC)cc(OC)c2)c1. The summed E-state index contributed by atoms with van der Waals surface area (Å²) in [5, 5.41) is 2.84. The summed E-state index contributed by atoms with van der Waals surface area (Å²) >= 11 is 0. The molecule has 1 N–H and O–H groups in total. The molecule has 0 unspecified atom stereocenters. The maximum Gasteiger partial charge on any atom is 0.228 e. The Balaban J connectivity index is 2.08. The van der Waals surface area contributed by atoms with Gasteiger partial charge in [-0.1, -0.05) is 12.1 Å². The number of benzene rings is 2. The van der Waals surface area contributed by atoms with E-state index in [1.807, 2.05) is 24.3 Å². The first kappa shape index (κ1) is 15.7. The number of nitrogens with one attached hydrogen (secondary N) is 1. The van der Waals surface area contributed by atoms with E-state index in [1.54, 1.807) is 39.5 Å². The second kappa shape index (κ2) is 7.36. The average Bonchev–Trinajstić information content (AvgIpc) is 2.54. The molecule has 0 saturated heterocycles. The highest BCUT2D eigenvalue weighted by Crippen LogP contribution is 2.26. The van der Waals surface area contributed by atoms with Crippen LogP contribution in [0.3, 0.4) is 0 Å². The standard InChI is InChI=1S/C17H19NO4/c1-20-14-6-4-5-12(7-14)8-17(19)18-13-9-15(21-2)11-16(10-13)22-3/h4-7,9-11H,8H2,1-3H3,(H,18,19). The maximum absolute atomic E-state index is 12.1. The van der Waals surface area contributed by atoms with Crippen LogP contribution in [0.25, 0.3) is 0 Å². The van der Waals surface area contributed by atoms with Gasteiger partial charge in [0.2, 0.25) is 5.91 Å². The third-order valence-corrected chi connectivity index (χ3v) is 3.13. The zero-order valence-electron chi connectivity index (χ0n) is 12.9. The van der Waals surface area contributed by atoms with Gasteiger partial charge in [0, 0.05) is 23.9 Å². The molecule has 22 heavy (non-hydrogen) atoms. The molecule has 5 nitrogen and oxygen atoms in total. The number of carbonyl (C=O) groups is 1. The molecule has 2 aromatic rings. The molecular weight excluding hydrogens is 282 g/mol. The Morgan fingerprint density at radius 3 is 2.14 bits per heavy atom. The summed E-state index contributed by atoms with van der Waals surface area (Å²) < 4.78 is 15.5. The first-order chi connectivity index (χ1) is 10.6. The van der Waals surface area contributed by atoms with Crippen molar-refractivity contribution in [2.24, 2.45) is 0 Å². The molecule has 1 amide bonds. The zero-order chi connectivity index (χ0) is 15.9. The van der Waals surface area contributed by atoms with E-state index in [1.165, 1.54) is 0 Å². The van der Waals surface area contributed by atoms with Crippen molar-refractivity contribution in [3.8, 4) is 17.2 Å². The molecule has 0 aliphatic rings. The van der Waals surface area contributed by atoms with Crippen molar-refractivity contribution >= 4 is 11.6 Å². The van der Waals surface area contributed by atoms with E-state index in [4.69, 9.17) is 14.2 Å². The van der Waals surface area contributed by atoms with Crippen LogP contribution in [0.2, 0.25) is 0 Å². The van der Waals surface area contributed by atoms with Gasteiger partial charge in [0.25, 0.3) is 0 Å². The van der Waals surface area contributed by atoms with Crippen LogP contribution in [0.1, 0.15) is 5.56 Å². The van der Waals surface area contributed by atoms with E-state index in [-0.39, 0.29) is 12.3 Å². The molecule has 5 heteroatoms. The predicted octanol–water partition coefficient (Wildman–Crippen LogP) is 2.89. The van der Waals surface area contributed by atoms with Crippen LogP contribution in [-0.4, -0.2) is 27.2 Å². The molecule has 0 spiro atoms. The van der Waals surface area contributed by atoms with Gasteiger partial charge in [0.15, 0.2) is 0 Å². The Morgan fingerprint density at radius 1 is 0.909 bits per heavy atom. The van der Waals surface area contributed by atoms with Crippen molar-refractivity contribution in [3.63, 3.8) is 0 Å². The summed E-state index contributed by atoms with van der Waals surface area (Å²) in [4.78, 5) is 12.1. The topological polar surface area (TPSA) is 56.8 Å². The minimum Gasteiger partial charge on any atom is -0.497 e. The predicted molar refractivity (Wildman–Crippen MR) is 84.9 cm³/mol. The van der Waals surface area contributed by atoms with Gasteiger partial charge in [0.1, 0.15) is 17.2 Å². The molecule has 2 aromatic carbocycles. The fourth-order valence-corrected chi connectivity index (χ4v) is 2.05. The molecule has 0 aliphatic carbocycles. The van der Waals surface area contributed by atoms with Crippen LogP contribution in [0.4, 0.5) is 5.69 Å². The molecule has 0 fully saturated rings. The number of hydrogen-bond donors (Lipinski definition) is 1. The van der Waals surface area contributed by atoms with E-state index in [9.17, 15) is 4.79 Å². The lowest BCUT2D eigenvalue weighted by molar-refractivity contribution is -0.115. The molecule has 2 rings (SSSR count). The molecule has 0 bridgehead atoms. The van der Waals surface area contributed by atoms with Crippen molar-refractivity contribution in [3.05, 3.63) is 48.0 Å². The second-order valence-electron chi connectivity index (χ2n) is 4.68. The zero-order valence-corrected chi connectivity index (χ0v) is 12.9. The van der Waals surface area contributed by atoms with Crippen molar-refractivity contribution < 1.29 is 19.0 Å². The van der Waals surface area contributed by atoms with Crippen molar-refractivity contribution in [2.75, 3.05) is 26.6 Å². The summed E-state index contributed by atoms with van der Waals surface area (Å²) in [6.07, 6.45) is 0.261. The number of ether oxygens (including phenoxy) is 3. The highest BCUT2D eigenvalue weighted by Gasteiger charge is 2.08. The number of amides is 1. The summed E-state index contributed by atoms with van der Waals surface area (Å²) in [5.74, 6) is 1.85. The van der Waals surface area contributed by atoms with Crippen LogP contribution in [0.5, 0.6) is 17.2 Å². The highest BCUT2D eigenvalue weighted by molar-refractivity contribution is 5.92. The van der Waals surface area contributed by atoms with E-state index < -0.39 is 0 Å². The number of carbonyl (C=O) groups excluding carboxylic acids is 1. The van der Waals surface area contributed by atoms with Crippen LogP contribution in [-0.2, 0) is 11.2 Å². The molecule has 116 valence electrons. The monoisotopic (exact) mass is 301 g/mol. The number of rotatable bonds is 6. The molecule has 0 aromatic heterocycles. The molecular formula is C17H19NO4. The van der Waals surface area contributed by atoms with Gasteiger partial charge in [-0.2, -0.15) is 0 Å². The summed E-state index contributed by atoms with van der Waals surface area (Å²) in [5.41, 5.74) is 1.51. The van der Waals surface area contributed by atoms with Crippen LogP contribution in [0.15, 0.2) is 42.5 Å². The lowest BCUT2D eigenvalue weighted by Crippen LogP contribution is -2.14. The van der Waals surface area contributed by atoms with E-state index >= 15 is 0 Å². The normalized spacial score (nSPS) is 9.95.